The van der Waals surface area contributed by atoms with Gasteiger partial charge in [-0.3, -0.25) is 9.59 Å². The summed E-state index contributed by atoms with van der Waals surface area (Å²) in [6.07, 6.45) is -8.86. The Kier molecular flexibility index (Phi) is 11.3. The molecular formula is C18H24F6N2O6S2. The third kappa shape index (κ3) is 8.13. The fourth-order valence-electron chi connectivity index (χ4n) is 2.81. The minimum atomic E-state index is -4.51. The van der Waals surface area contributed by atoms with Crippen LogP contribution in [0.25, 0.3) is 0 Å². The van der Waals surface area contributed by atoms with Crippen LogP contribution < -0.4 is 0 Å². The van der Waals surface area contributed by atoms with Crippen molar-refractivity contribution < 1.29 is 55.8 Å². The number of carbonyl (C=O) groups is 2. The molecule has 196 valence electrons. The van der Waals surface area contributed by atoms with Crippen molar-refractivity contribution in [1.29, 1.82) is 0 Å². The van der Waals surface area contributed by atoms with E-state index in [9.17, 15) is 35.9 Å². The van der Waals surface area contributed by atoms with E-state index in [0.29, 0.717) is 6.42 Å². The largest absolute Gasteiger partial charge is 0.465 e. The number of hydrogen-bond donors (Lipinski definition) is 2. The zero-order valence-electron chi connectivity index (χ0n) is 18.2. The van der Waals surface area contributed by atoms with Gasteiger partial charge in [-0.25, -0.2) is 0 Å². The van der Waals surface area contributed by atoms with Gasteiger partial charge in [0.05, 0.1) is 24.1 Å². The molecule has 0 aromatic rings. The summed E-state index contributed by atoms with van der Waals surface area (Å²) in [6.45, 7) is 5.10. The lowest BCUT2D eigenvalue weighted by Gasteiger charge is -2.16. The number of carbonyl (C=O) groups excluding carboxylic acids is 2. The first kappa shape index (κ1) is 30.2. The van der Waals surface area contributed by atoms with Crippen molar-refractivity contribution in [1.82, 2.24) is 0 Å². The van der Waals surface area contributed by atoms with Crippen LogP contribution in [0.3, 0.4) is 0 Å². The van der Waals surface area contributed by atoms with Crippen LogP contribution in [0, 0.1) is 11.8 Å². The van der Waals surface area contributed by atoms with Crippen molar-refractivity contribution in [2.75, 3.05) is 18.1 Å². The van der Waals surface area contributed by atoms with E-state index in [0.717, 1.165) is 23.5 Å². The van der Waals surface area contributed by atoms with Crippen LogP contribution in [0.2, 0.25) is 0 Å². The summed E-state index contributed by atoms with van der Waals surface area (Å²) < 4.78 is 84.8. The molecule has 2 saturated heterocycles. The highest BCUT2D eigenvalue weighted by Crippen LogP contribution is 2.41. The molecule has 0 bridgehead atoms. The Morgan fingerprint density at radius 3 is 1.68 bits per heavy atom. The minimum Gasteiger partial charge on any atom is -0.465 e. The van der Waals surface area contributed by atoms with Crippen molar-refractivity contribution in [3.05, 3.63) is 0 Å². The summed E-state index contributed by atoms with van der Waals surface area (Å²) in [7, 11) is 0. The molecule has 0 radical (unpaired) electrons. The summed E-state index contributed by atoms with van der Waals surface area (Å²) in [5.41, 5.74) is -1.14. The zero-order valence-corrected chi connectivity index (χ0v) is 19.9. The van der Waals surface area contributed by atoms with E-state index in [1.54, 1.807) is 20.8 Å². The van der Waals surface area contributed by atoms with Gasteiger partial charge in [0, 0.05) is 11.5 Å². The van der Waals surface area contributed by atoms with Crippen molar-refractivity contribution in [2.24, 2.45) is 22.1 Å². The number of nitrogens with zero attached hydrogens (tertiary/aromatic N) is 2. The summed E-state index contributed by atoms with van der Waals surface area (Å²) in [6, 6.07) is 0. The first-order chi connectivity index (χ1) is 15.7. The Balaban J connectivity index is 0.000000340. The topological polar surface area (TPSA) is 118 Å². The molecule has 2 N–H and O–H groups in total. The van der Waals surface area contributed by atoms with Crippen molar-refractivity contribution in [3.63, 3.8) is 0 Å². The second-order valence-corrected chi connectivity index (χ2v) is 9.59. The van der Waals surface area contributed by atoms with Crippen LogP contribution in [-0.2, 0) is 19.1 Å². The van der Waals surface area contributed by atoms with Crippen LogP contribution >= 0.6 is 23.5 Å². The van der Waals surface area contributed by atoms with E-state index < -0.39 is 64.2 Å². The fraction of sp³-hybridized carbons (Fsp3) is 0.778. The third-order valence-corrected chi connectivity index (χ3v) is 6.95. The highest BCUT2D eigenvalue weighted by molar-refractivity contribution is 8.02. The Bertz CT molecular complexity index is 775. The average Bonchev–Trinajstić information content (AvgIpc) is 3.35. The summed E-state index contributed by atoms with van der Waals surface area (Å²) >= 11 is 1.56. The van der Waals surface area contributed by atoms with Gasteiger partial charge in [0.1, 0.15) is 22.3 Å². The van der Waals surface area contributed by atoms with E-state index in [2.05, 4.69) is 10.3 Å². The van der Waals surface area contributed by atoms with Crippen LogP contribution in [0.1, 0.15) is 27.2 Å². The predicted molar refractivity (Wildman–Crippen MR) is 113 cm³/mol. The number of halogens is 6. The molecular weight excluding hydrogens is 518 g/mol. The normalized spacial score (nSPS) is 27.6. The van der Waals surface area contributed by atoms with Gasteiger partial charge in [0.2, 0.25) is 0 Å². The Morgan fingerprint density at radius 1 is 0.941 bits per heavy atom. The predicted octanol–water partition coefficient (Wildman–Crippen LogP) is 4.13. The average molecular weight is 543 g/mol. The number of ether oxygens (including phenoxy) is 2. The van der Waals surface area contributed by atoms with E-state index in [-0.39, 0.29) is 18.1 Å². The molecule has 4 unspecified atom stereocenters. The van der Waals surface area contributed by atoms with Gasteiger partial charge in [-0.1, -0.05) is 17.2 Å². The highest BCUT2D eigenvalue weighted by Gasteiger charge is 2.53. The Morgan fingerprint density at radius 2 is 1.35 bits per heavy atom. The summed E-state index contributed by atoms with van der Waals surface area (Å²) in [5.74, 6) is -6.00. The van der Waals surface area contributed by atoms with Crippen LogP contribution in [0.5, 0.6) is 0 Å². The molecule has 0 saturated carbocycles. The Labute approximate surface area is 199 Å². The molecule has 0 aromatic carbocycles. The molecule has 0 aromatic heterocycles. The molecule has 2 fully saturated rings. The summed E-state index contributed by atoms with van der Waals surface area (Å²) in [5, 5.41) is 20.1. The van der Waals surface area contributed by atoms with Gasteiger partial charge in [0.15, 0.2) is 0 Å². The lowest BCUT2D eigenvalue weighted by molar-refractivity contribution is -0.151. The molecule has 4 atom stereocenters. The maximum absolute atomic E-state index is 12.5. The first-order valence-electron chi connectivity index (χ1n) is 9.86. The van der Waals surface area contributed by atoms with Gasteiger partial charge >= 0.3 is 24.3 Å². The van der Waals surface area contributed by atoms with Gasteiger partial charge in [-0.2, -0.15) is 26.3 Å². The molecule has 0 aliphatic carbocycles. The second kappa shape index (κ2) is 12.7. The first-order valence-corrected chi connectivity index (χ1v) is 12.0. The summed E-state index contributed by atoms with van der Waals surface area (Å²) in [4.78, 5) is 22.9. The molecule has 2 aliphatic heterocycles. The van der Waals surface area contributed by atoms with Crippen molar-refractivity contribution in [2.45, 2.75) is 56.1 Å². The minimum absolute atomic E-state index is 0.144. The van der Waals surface area contributed by atoms with Crippen molar-refractivity contribution >= 4 is 46.9 Å². The molecule has 2 aliphatic rings. The molecule has 0 amide bonds. The quantitative estimate of drug-likeness (QED) is 0.231. The van der Waals surface area contributed by atoms with Gasteiger partial charge in [-0.15, -0.1) is 23.5 Å². The molecule has 16 heteroatoms. The fourth-order valence-corrected chi connectivity index (χ4v) is 5.46. The van der Waals surface area contributed by atoms with Crippen LogP contribution in [0.4, 0.5) is 26.3 Å². The molecule has 8 nitrogen and oxygen atoms in total. The number of esters is 2. The molecule has 2 heterocycles. The second-order valence-electron chi connectivity index (χ2n) is 7.32. The van der Waals surface area contributed by atoms with E-state index >= 15 is 0 Å². The standard InChI is InChI=1S/2C9H12F3NO3S/c1-4(2)16-8(14)7-6(13-15)5(3-17-7)9(10,11)12;1-2-3-16-8(14)7-6(13-15)5(4-17-7)9(10,11)12/h4-5,7,15H,3H2,1-2H3;5,7,15H,2-4H2,1H3. The third-order valence-electron chi connectivity index (χ3n) is 4.36. The van der Waals surface area contributed by atoms with E-state index in [1.165, 1.54) is 0 Å². The van der Waals surface area contributed by atoms with Gasteiger partial charge in [-0.05, 0) is 20.3 Å². The zero-order chi connectivity index (χ0) is 26.3. The monoisotopic (exact) mass is 542 g/mol. The molecule has 0 spiro atoms. The maximum atomic E-state index is 12.5. The number of rotatable bonds is 5. The lowest BCUT2D eigenvalue weighted by atomic mass is 10.0. The van der Waals surface area contributed by atoms with Gasteiger partial charge < -0.3 is 19.9 Å². The molecule has 2 rings (SSSR count). The maximum Gasteiger partial charge on any atom is 0.397 e. The number of oxime groups is 2. The van der Waals surface area contributed by atoms with Crippen LogP contribution in [0.15, 0.2) is 10.3 Å². The lowest BCUT2D eigenvalue weighted by Crippen LogP contribution is -2.36. The van der Waals surface area contributed by atoms with E-state index in [1.807, 2.05) is 0 Å². The van der Waals surface area contributed by atoms with Crippen molar-refractivity contribution in [3.8, 4) is 0 Å². The van der Waals surface area contributed by atoms with Crippen LogP contribution in [-0.4, -0.2) is 80.8 Å². The number of hydrogen-bond acceptors (Lipinski definition) is 10. The number of alkyl halides is 6. The Hall–Kier alpha value is -1.84. The smallest absolute Gasteiger partial charge is 0.397 e. The van der Waals surface area contributed by atoms with E-state index in [4.69, 9.17) is 19.9 Å². The number of thioether (sulfide) groups is 2. The van der Waals surface area contributed by atoms with Gasteiger partial charge in [0.25, 0.3) is 0 Å². The highest BCUT2D eigenvalue weighted by atomic mass is 32.2. The SMILES string of the molecule is CC(C)OC(=O)C1SCC(C(F)(F)F)C1=NO.CCCOC(=O)C1SCC(C(F)(F)F)C1=NO. The molecule has 34 heavy (non-hydrogen) atoms.